The van der Waals surface area contributed by atoms with Gasteiger partial charge in [0.25, 0.3) is 0 Å². The van der Waals surface area contributed by atoms with Crippen molar-refractivity contribution in [3.05, 3.63) is 39.0 Å². The molecule has 0 aliphatic rings. The first kappa shape index (κ1) is 9.81. The minimum absolute atomic E-state index is 1.05. The minimum atomic E-state index is 1.05. The number of rotatable bonds is 2. The molecule has 0 N–H and O–H groups in total. The average molecular weight is 292 g/mol. The molecule has 0 amide bonds. The fourth-order valence-electron chi connectivity index (χ4n) is 0.806. The van der Waals surface area contributed by atoms with Crippen LogP contribution in [0.25, 0.3) is 6.08 Å². The summed E-state index contributed by atoms with van der Waals surface area (Å²) in [5.74, 6) is 0. The highest BCUT2D eigenvalue weighted by atomic mass is 79.9. The summed E-state index contributed by atoms with van der Waals surface area (Å²) >= 11 is 6.88. The molecule has 3 heteroatoms. The second-order valence-electron chi connectivity index (χ2n) is 2.17. The van der Waals surface area contributed by atoms with Crippen molar-refractivity contribution in [3.8, 4) is 0 Å². The van der Waals surface area contributed by atoms with Gasteiger partial charge in [-0.1, -0.05) is 37.9 Å². The van der Waals surface area contributed by atoms with Crippen LogP contribution >= 0.6 is 31.9 Å². The molecule has 1 nitrogen and oxygen atoms in total. The topological polar surface area (TPSA) is 9.23 Å². The van der Waals surface area contributed by atoms with Gasteiger partial charge in [-0.3, -0.25) is 0 Å². The Hall–Kier alpha value is -0.280. The lowest BCUT2D eigenvalue weighted by molar-refractivity contribution is 0.341. The van der Waals surface area contributed by atoms with Crippen molar-refractivity contribution in [1.82, 2.24) is 0 Å². The van der Waals surface area contributed by atoms with E-state index in [1.165, 1.54) is 0 Å². The van der Waals surface area contributed by atoms with Gasteiger partial charge >= 0.3 is 0 Å². The van der Waals surface area contributed by atoms with E-state index in [1.54, 1.807) is 13.4 Å². The monoisotopic (exact) mass is 290 g/mol. The molecule has 1 aromatic carbocycles. The van der Waals surface area contributed by atoms with Crippen LogP contribution in [0.3, 0.4) is 0 Å². The molecule has 1 aromatic rings. The first-order valence-corrected chi connectivity index (χ1v) is 4.97. The van der Waals surface area contributed by atoms with Crippen LogP contribution < -0.4 is 0 Å². The molecule has 0 fully saturated rings. The summed E-state index contributed by atoms with van der Waals surface area (Å²) in [6, 6.07) is 5.94. The molecule has 0 radical (unpaired) electrons. The highest BCUT2D eigenvalue weighted by Crippen LogP contribution is 2.26. The first-order valence-electron chi connectivity index (χ1n) is 3.39. The molecule has 64 valence electrons. The summed E-state index contributed by atoms with van der Waals surface area (Å²) in [4.78, 5) is 0. The summed E-state index contributed by atoms with van der Waals surface area (Å²) in [7, 11) is 1.63. The normalized spacial score (nSPS) is 10.6. The molecule has 0 atom stereocenters. The van der Waals surface area contributed by atoms with Crippen LogP contribution in [0.5, 0.6) is 0 Å². The van der Waals surface area contributed by atoms with Crippen molar-refractivity contribution in [2.45, 2.75) is 0 Å². The smallest absolute Gasteiger partial charge is 0.0831 e. The van der Waals surface area contributed by atoms with E-state index in [1.807, 2.05) is 24.3 Å². The zero-order chi connectivity index (χ0) is 8.97. The Kier molecular flexibility index (Phi) is 3.82. The van der Waals surface area contributed by atoms with Crippen LogP contribution in [-0.2, 0) is 4.74 Å². The van der Waals surface area contributed by atoms with E-state index in [-0.39, 0.29) is 0 Å². The summed E-state index contributed by atoms with van der Waals surface area (Å²) in [5, 5.41) is 0. The van der Waals surface area contributed by atoms with E-state index in [9.17, 15) is 0 Å². The van der Waals surface area contributed by atoms with Gasteiger partial charge in [-0.15, -0.1) is 0 Å². The molecule has 0 aliphatic carbocycles. The average Bonchev–Trinajstić information content (AvgIpc) is 2.04. The van der Waals surface area contributed by atoms with Crippen molar-refractivity contribution in [3.63, 3.8) is 0 Å². The van der Waals surface area contributed by atoms with Gasteiger partial charge in [-0.05, 0) is 18.2 Å². The third kappa shape index (κ3) is 2.35. The summed E-state index contributed by atoms with van der Waals surface area (Å²) in [6.45, 7) is 0. The van der Waals surface area contributed by atoms with Gasteiger partial charge in [0, 0.05) is 14.5 Å². The van der Waals surface area contributed by atoms with Gasteiger partial charge in [0.2, 0.25) is 0 Å². The SMILES string of the molecule is CO/C=C/c1c(Br)cccc1Br. The maximum atomic E-state index is 4.83. The predicted octanol–water partition coefficient (Wildman–Crippen LogP) is 3.83. The van der Waals surface area contributed by atoms with Crippen molar-refractivity contribution >= 4 is 37.9 Å². The van der Waals surface area contributed by atoms with E-state index in [0.29, 0.717) is 0 Å². The Labute approximate surface area is 88.7 Å². The van der Waals surface area contributed by atoms with Crippen LogP contribution in [0.2, 0.25) is 0 Å². The number of benzene rings is 1. The lowest BCUT2D eigenvalue weighted by Crippen LogP contribution is -1.77. The molecule has 1 rings (SSSR count). The third-order valence-corrected chi connectivity index (χ3v) is 2.75. The molecule has 0 spiro atoms. The van der Waals surface area contributed by atoms with E-state index in [4.69, 9.17) is 4.74 Å². The second kappa shape index (κ2) is 4.67. The molecule has 0 saturated carbocycles. The highest BCUT2D eigenvalue weighted by Gasteiger charge is 1.99. The van der Waals surface area contributed by atoms with Gasteiger partial charge in [0.15, 0.2) is 0 Å². The summed E-state index contributed by atoms with van der Waals surface area (Å²) in [6.07, 6.45) is 3.54. The molecular weight excluding hydrogens is 284 g/mol. The largest absolute Gasteiger partial charge is 0.504 e. The molecule has 0 aliphatic heterocycles. The quantitative estimate of drug-likeness (QED) is 0.753. The molecule has 12 heavy (non-hydrogen) atoms. The Balaban J connectivity index is 3.04. The van der Waals surface area contributed by atoms with Gasteiger partial charge in [0.1, 0.15) is 0 Å². The van der Waals surface area contributed by atoms with Crippen molar-refractivity contribution in [2.24, 2.45) is 0 Å². The Morgan fingerprint density at radius 2 is 1.83 bits per heavy atom. The van der Waals surface area contributed by atoms with Crippen LogP contribution in [-0.4, -0.2) is 7.11 Å². The highest BCUT2D eigenvalue weighted by molar-refractivity contribution is 9.11. The number of methoxy groups -OCH3 is 1. The third-order valence-electron chi connectivity index (χ3n) is 1.37. The Morgan fingerprint density at radius 3 is 2.33 bits per heavy atom. The number of halogens is 2. The zero-order valence-electron chi connectivity index (χ0n) is 6.55. The van der Waals surface area contributed by atoms with Crippen molar-refractivity contribution in [2.75, 3.05) is 7.11 Å². The fraction of sp³-hybridized carbons (Fsp3) is 0.111. The maximum absolute atomic E-state index is 4.83. The van der Waals surface area contributed by atoms with Crippen LogP contribution in [0.15, 0.2) is 33.4 Å². The van der Waals surface area contributed by atoms with Crippen molar-refractivity contribution in [1.29, 1.82) is 0 Å². The standard InChI is InChI=1S/C9H8Br2O/c1-12-6-5-7-8(10)3-2-4-9(7)11/h2-6H,1H3/b6-5+. The van der Waals surface area contributed by atoms with E-state index >= 15 is 0 Å². The summed E-state index contributed by atoms with van der Waals surface area (Å²) < 4.78 is 6.93. The van der Waals surface area contributed by atoms with Gasteiger partial charge in [-0.2, -0.15) is 0 Å². The number of ether oxygens (including phenoxy) is 1. The van der Waals surface area contributed by atoms with Gasteiger partial charge < -0.3 is 4.74 Å². The molecule has 0 bridgehead atoms. The Bertz CT molecular complexity index is 274. The van der Waals surface area contributed by atoms with E-state index in [0.717, 1.165) is 14.5 Å². The minimum Gasteiger partial charge on any atom is -0.504 e. The summed E-state index contributed by atoms with van der Waals surface area (Å²) in [5.41, 5.74) is 1.08. The van der Waals surface area contributed by atoms with E-state index in [2.05, 4.69) is 31.9 Å². The second-order valence-corrected chi connectivity index (χ2v) is 3.88. The maximum Gasteiger partial charge on any atom is 0.0831 e. The molecule has 0 unspecified atom stereocenters. The van der Waals surface area contributed by atoms with E-state index < -0.39 is 0 Å². The predicted molar refractivity (Wildman–Crippen MR) is 57.9 cm³/mol. The molecular formula is C9H8Br2O. The van der Waals surface area contributed by atoms with Crippen molar-refractivity contribution < 1.29 is 4.74 Å². The number of hydrogen-bond acceptors (Lipinski definition) is 1. The lowest BCUT2D eigenvalue weighted by atomic mass is 10.2. The zero-order valence-corrected chi connectivity index (χ0v) is 9.72. The van der Waals surface area contributed by atoms with Crippen LogP contribution in [0.4, 0.5) is 0 Å². The first-order chi connectivity index (χ1) is 5.75. The molecule has 0 heterocycles. The Morgan fingerprint density at radius 1 is 1.25 bits per heavy atom. The molecule has 0 aromatic heterocycles. The fourth-order valence-corrected chi connectivity index (χ4v) is 2.07. The molecule has 0 saturated heterocycles. The van der Waals surface area contributed by atoms with Gasteiger partial charge in [0.05, 0.1) is 13.4 Å². The number of hydrogen-bond donors (Lipinski definition) is 0. The van der Waals surface area contributed by atoms with Gasteiger partial charge in [-0.25, -0.2) is 0 Å². The van der Waals surface area contributed by atoms with Crippen LogP contribution in [0.1, 0.15) is 5.56 Å². The van der Waals surface area contributed by atoms with Crippen LogP contribution in [0, 0.1) is 0 Å². The lowest BCUT2D eigenvalue weighted by Gasteiger charge is -2.00.